The van der Waals surface area contributed by atoms with Gasteiger partial charge in [0, 0.05) is 46.4 Å². The van der Waals surface area contributed by atoms with Gasteiger partial charge in [0.1, 0.15) is 5.76 Å². The zero-order valence-corrected chi connectivity index (χ0v) is 25.6. The van der Waals surface area contributed by atoms with Gasteiger partial charge >= 0.3 is 0 Å². The topological polar surface area (TPSA) is 108 Å². The van der Waals surface area contributed by atoms with Gasteiger partial charge in [-0.2, -0.15) is 0 Å². The lowest BCUT2D eigenvalue weighted by molar-refractivity contribution is -0.272. The first-order valence-electron chi connectivity index (χ1n) is 14.9. The minimum Gasteiger partial charge on any atom is -0.511 e. The van der Waals surface area contributed by atoms with Crippen molar-refractivity contribution in [2.24, 2.45) is 26.8 Å². The Morgan fingerprint density at radius 3 is 2.52 bits per heavy atom. The molecule has 0 spiro atoms. The second-order valence-corrected chi connectivity index (χ2v) is 11.9. The molecule has 0 aromatic carbocycles. The average Bonchev–Trinajstić information content (AvgIpc) is 3.69. The minimum atomic E-state index is -0.664. The van der Waals surface area contributed by atoms with Crippen molar-refractivity contribution in [3.8, 4) is 0 Å². The van der Waals surface area contributed by atoms with Gasteiger partial charge in [0.05, 0.1) is 54.0 Å². The molecule has 8 bridgehead atoms. The Kier molecular flexibility index (Phi) is 7.41. The molecule has 6 rings (SSSR count). The predicted molar refractivity (Wildman–Crippen MR) is 166 cm³/mol. The van der Waals surface area contributed by atoms with E-state index >= 15 is 0 Å². The van der Waals surface area contributed by atoms with Crippen molar-refractivity contribution in [2.75, 3.05) is 13.7 Å². The van der Waals surface area contributed by atoms with E-state index in [1.54, 1.807) is 6.92 Å². The van der Waals surface area contributed by atoms with Crippen LogP contribution in [0.4, 0.5) is 0 Å². The lowest BCUT2D eigenvalue weighted by Crippen LogP contribution is -2.15. The van der Waals surface area contributed by atoms with Gasteiger partial charge in [0.25, 0.3) is 0 Å². The molecule has 0 aromatic heterocycles. The quantitative estimate of drug-likeness (QED) is 0.187. The van der Waals surface area contributed by atoms with E-state index in [-0.39, 0.29) is 5.92 Å². The molecule has 1 unspecified atom stereocenters. The van der Waals surface area contributed by atoms with E-state index in [0.29, 0.717) is 24.7 Å². The van der Waals surface area contributed by atoms with Gasteiger partial charge in [-0.1, -0.05) is 13.8 Å². The largest absolute Gasteiger partial charge is 0.511 e. The summed E-state index contributed by atoms with van der Waals surface area (Å²) in [5, 5.41) is 25.7. The summed E-state index contributed by atoms with van der Waals surface area (Å²) in [6.07, 6.45) is 8.48. The Labute approximate surface area is 247 Å². The van der Waals surface area contributed by atoms with Crippen LogP contribution >= 0.6 is 0 Å². The number of aliphatic hydroxyl groups is 2. The molecular weight excluding hydrogens is 528 g/mol. The Morgan fingerprint density at radius 2 is 1.81 bits per heavy atom. The SMILES string of the molecule is CC[C@H]1C2=CC3=C(C)C4=C(O)CC(=C5N=C(C=C6N=C(C=C(N2)[C@@H]1C)C(C(C)O)=C6C)C(C)=C5CCCOOC)C4=N3. The van der Waals surface area contributed by atoms with Crippen molar-refractivity contribution in [1.82, 2.24) is 5.32 Å². The molecule has 3 atom stereocenters. The minimum absolute atomic E-state index is 0.248. The van der Waals surface area contributed by atoms with Crippen molar-refractivity contribution in [2.45, 2.75) is 73.3 Å². The Hall–Kier alpha value is -3.59. The zero-order valence-electron chi connectivity index (χ0n) is 25.6. The van der Waals surface area contributed by atoms with E-state index in [1.165, 1.54) is 7.11 Å². The van der Waals surface area contributed by atoms with Crippen molar-refractivity contribution in [3.63, 3.8) is 0 Å². The zero-order chi connectivity index (χ0) is 29.9. The third-order valence-electron chi connectivity index (χ3n) is 9.36. The summed E-state index contributed by atoms with van der Waals surface area (Å²) >= 11 is 0. The molecule has 1 fully saturated rings. The summed E-state index contributed by atoms with van der Waals surface area (Å²) in [4.78, 5) is 25.3. The van der Waals surface area contributed by atoms with Crippen LogP contribution in [0, 0.1) is 11.8 Å². The Balaban J connectivity index is 1.59. The lowest BCUT2D eigenvalue weighted by atomic mass is 9.89. The number of nitrogens with one attached hydrogen (secondary N) is 1. The second kappa shape index (κ2) is 10.9. The van der Waals surface area contributed by atoms with Gasteiger partial charge in [-0.15, -0.1) is 0 Å². The van der Waals surface area contributed by atoms with Crippen LogP contribution in [-0.2, 0) is 9.78 Å². The highest BCUT2D eigenvalue weighted by atomic mass is 17.2. The Morgan fingerprint density at radius 1 is 1.02 bits per heavy atom. The molecule has 42 heavy (non-hydrogen) atoms. The van der Waals surface area contributed by atoms with Gasteiger partial charge < -0.3 is 15.5 Å². The fourth-order valence-electron chi connectivity index (χ4n) is 7.05. The van der Waals surface area contributed by atoms with Crippen LogP contribution in [0.15, 0.2) is 106 Å². The third kappa shape index (κ3) is 4.53. The summed E-state index contributed by atoms with van der Waals surface area (Å²) < 4.78 is 0. The van der Waals surface area contributed by atoms with Crippen molar-refractivity contribution >= 4 is 17.1 Å². The number of hydrogen-bond donors (Lipinski definition) is 3. The fraction of sp³-hybridized carbons (Fsp3) is 0.441. The lowest BCUT2D eigenvalue weighted by Gasteiger charge is -2.13. The van der Waals surface area contributed by atoms with Gasteiger partial charge in [-0.3, -0.25) is 0 Å². The Bertz CT molecular complexity index is 1620. The van der Waals surface area contributed by atoms with Crippen LogP contribution in [-0.4, -0.2) is 47.2 Å². The number of aliphatic imine (C=N–C) groups is 3. The van der Waals surface area contributed by atoms with Crippen molar-refractivity contribution < 1.29 is 20.0 Å². The number of allylic oxidation sites excluding steroid dienone is 11. The maximum Gasteiger partial charge on any atom is 0.106 e. The van der Waals surface area contributed by atoms with Gasteiger partial charge in [0.15, 0.2) is 0 Å². The van der Waals surface area contributed by atoms with Crippen LogP contribution in [0.25, 0.3) is 0 Å². The first-order chi connectivity index (χ1) is 20.1. The summed E-state index contributed by atoms with van der Waals surface area (Å²) in [5.41, 5.74) is 13.9. The molecule has 0 amide bonds. The van der Waals surface area contributed by atoms with E-state index in [2.05, 4.69) is 38.2 Å². The first-order valence-corrected chi connectivity index (χ1v) is 14.9. The number of aliphatic hydroxyl groups excluding tert-OH is 2. The molecule has 1 saturated heterocycles. The molecule has 0 radical (unpaired) electrons. The van der Waals surface area contributed by atoms with Crippen LogP contribution in [0.3, 0.4) is 0 Å². The molecule has 8 heteroatoms. The highest BCUT2D eigenvalue weighted by molar-refractivity contribution is 6.22. The highest BCUT2D eigenvalue weighted by Gasteiger charge is 2.38. The predicted octanol–water partition coefficient (Wildman–Crippen LogP) is 6.40. The van der Waals surface area contributed by atoms with E-state index in [9.17, 15) is 10.2 Å². The van der Waals surface area contributed by atoms with Gasteiger partial charge in [-0.05, 0) is 87.5 Å². The summed E-state index contributed by atoms with van der Waals surface area (Å²) in [6.45, 7) is 12.9. The van der Waals surface area contributed by atoms with Gasteiger partial charge in [0.2, 0.25) is 0 Å². The number of fused-ring (bicyclic) bond motifs is 5. The molecule has 3 N–H and O–H groups in total. The van der Waals surface area contributed by atoms with Crippen LogP contribution in [0.1, 0.15) is 67.2 Å². The van der Waals surface area contributed by atoms with Crippen LogP contribution in [0.2, 0.25) is 0 Å². The maximum absolute atomic E-state index is 11.2. The van der Waals surface area contributed by atoms with Crippen molar-refractivity contribution in [1.29, 1.82) is 0 Å². The molecule has 220 valence electrons. The van der Waals surface area contributed by atoms with Gasteiger partial charge in [-0.25, -0.2) is 24.8 Å². The standard InChI is InChI=1S/C34H40N4O4/c1-8-21-16(2)24-15-29-31(20(6)39)18(4)26(36-29)13-25-17(3)22(10-9-11-42-41-7)33(37-25)23-12-30(40)32-19(5)27(38-34(23)32)14-28(21)35-24/h13-16,20-21,35,39-40H,8-12H2,1-7H3/t16-,20?,21-/m1/s1. The molecule has 0 saturated carbocycles. The molecule has 5 heterocycles. The average molecular weight is 569 g/mol. The third-order valence-corrected chi connectivity index (χ3v) is 9.36. The first kappa shape index (κ1) is 28.5. The molecular formula is C34H40N4O4. The molecule has 8 nitrogen and oxygen atoms in total. The smallest absolute Gasteiger partial charge is 0.106 e. The number of rotatable bonds is 7. The highest BCUT2D eigenvalue weighted by Crippen LogP contribution is 2.45. The van der Waals surface area contributed by atoms with Crippen molar-refractivity contribution in [3.05, 3.63) is 91.5 Å². The van der Waals surface area contributed by atoms with E-state index in [1.807, 2.05) is 19.9 Å². The fourth-order valence-corrected chi connectivity index (χ4v) is 7.05. The second-order valence-electron chi connectivity index (χ2n) is 11.9. The summed E-state index contributed by atoms with van der Waals surface area (Å²) in [7, 11) is 1.52. The number of nitrogens with zero attached hydrogens (tertiary/aromatic N) is 3. The van der Waals surface area contributed by atoms with Crippen LogP contribution in [0.5, 0.6) is 0 Å². The summed E-state index contributed by atoms with van der Waals surface area (Å²) in [6, 6.07) is 0. The maximum atomic E-state index is 11.2. The molecule has 5 aliphatic heterocycles. The van der Waals surface area contributed by atoms with Crippen LogP contribution < -0.4 is 5.32 Å². The summed E-state index contributed by atoms with van der Waals surface area (Å²) in [5.74, 6) is 0.882. The molecule has 0 aromatic rings. The number of hydrogen-bond acceptors (Lipinski definition) is 8. The molecule has 1 aliphatic carbocycles. The van der Waals surface area contributed by atoms with E-state index in [4.69, 9.17) is 24.8 Å². The monoisotopic (exact) mass is 568 g/mol. The molecule has 6 aliphatic rings. The van der Waals surface area contributed by atoms with E-state index in [0.717, 1.165) is 104 Å². The normalized spacial score (nSPS) is 25.7. The van der Waals surface area contributed by atoms with E-state index < -0.39 is 6.10 Å².